The number of likely N-dealkylation sites (tertiary alicyclic amines) is 2. The summed E-state index contributed by atoms with van der Waals surface area (Å²) in [6.45, 7) is 6.00. The smallest absolute Gasteiger partial charge is 0.228 e. The fourth-order valence-electron chi connectivity index (χ4n) is 3.77. The zero-order chi connectivity index (χ0) is 15.0. The van der Waals surface area contributed by atoms with Gasteiger partial charge in [-0.05, 0) is 25.9 Å². The van der Waals surface area contributed by atoms with Crippen LogP contribution >= 0.6 is 0 Å². The van der Waals surface area contributed by atoms with Gasteiger partial charge in [0, 0.05) is 52.2 Å². The van der Waals surface area contributed by atoms with E-state index in [1.807, 2.05) is 23.9 Å². The maximum absolute atomic E-state index is 12.6. The lowest BCUT2D eigenvalue weighted by Gasteiger charge is -2.22. The van der Waals surface area contributed by atoms with Crippen molar-refractivity contribution in [3.8, 4) is 0 Å². The van der Waals surface area contributed by atoms with Crippen molar-refractivity contribution < 1.29 is 9.59 Å². The van der Waals surface area contributed by atoms with Gasteiger partial charge in [0.1, 0.15) is 0 Å². The van der Waals surface area contributed by atoms with Crippen molar-refractivity contribution in [2.75, 3.05) is 59.9 Å². The van der Waals surface area contributed by atoms with Crippen molar-refractivity contribution in [2.45, 2.75) is 6.42 Å². The lowest BCUT2D eigenvalue weighted by atomic mass is 10.0. The van der Waals surface area contributed by atoms with Gasteiger partial charge in [-0.15, -0.1) is 0 Å². The van der Waals surface area contributed by atoms with Crippen LogP contribution in [0.2, 0.25) is 0 Å². The number of nitrogens with zero attached hydrogens (tertiary/aromatic N) is 3. The van der Waals surface area contributed by atoms with Gasteiger partial charge in [-0.25, -0.2) is 0 Å². The maximum atomic E-state index is 12.6. The monoisotopic (exact) mass is 294 g/mol. The first-order valence-electron chi connectivity index (χ1n) is 7.96. The number of rotatable bonds is 4. The fourth-order valence-corrected chi connectivity index (χ4v) is 3.77. The maximum Gasteiger partial charge on any atom is 0.228 e. The molecule has 0 aromatic carbocycles. The molecule has 0 aliphatic carbocycles. The molecule has 21 heavy (non-hydrogen) atoms. The van der Waals surface area contributed by atoms with Crippen LogP contribution in [0.3, 0.4) is 0 Å². The second-order valence-electron chi connectivity index (χ2n) is 6.97. The normalized spacial score (nSPS) is 32.3. The second-order valence-corrected chi connectivity index (χ2v) is 6.97. The number of amides is 2. The Morgan fingerprint density at radius 1 is 1.24 bits per heavy atom. The summed E-state index contributed by atoms with van der Waals surface area (Å²) in [5.41, 5.74) is 0. The summed E-state index contributed by atoms with van der Waals surface area (Å²) in [7, 11) is 4.00. The van der Waals surface area contributed by atoms with Crippen LogP contribution in [0.1, 0.15) is 6.42 Å². The highest BCUT2D eigenvalue weighted by Crippen LogP contribution is 2.29. The minimum Gasteiger partial charge on any atom is -0.342 e. The Morgan fingerprint density at radius 3 is 2.52 bits per heavy atom. The van der Waals surface area contributed by atoms with Crippen LogP contribution in [0.5, 0.6) is 0 Å². The fraction of sp³-hybridized carbons (Fsp3) is 0.867. The molecule has 0 radical (unpaired) electrons. The van der Waals surface area contributed by atoms with Crippen LogP contribution < -0.4 is 5.32 Å². The SMILES string of the molecule is CN(C)CCN1CC(C(=O)N2C[C@H]3CNC[C@H]3C2)CC1=O. The lowest BCUT2D eigenvalue weighted by molar-refractivity contribution is -0.135. The molecular formula is C15H26N4O2. The third-order valence-corrected chi connectivity index (χ3v) is 5.08. The minimum atomic E-state index is -0.119. The van der Waals surface area contributed by atoms with Gasteiger partial charge in [0.15, 0.2) is 0 Å². The van der Waals surface area contributed by atoms with Crippen molar-refractivity contribution in [3.63, 3.8) is 0 Å². The van der Waals surface area contributed by atoms with Crippen LogP contribution in [0.25, 0.3) is 0 Å². The molecule has 118 valence electrons. The lowest BCUT2D eigenvalue weighted by Crippen LogP contribution is -2.38. The number of likely N-dealkylation sites (N-methyl/N-ethyl adjacent to an activating group) is 1. The molecule has 3 aliphatic heterocycles. The van der Waals surface area contributed by atoms with Gasteiger partial charge in [-0.3, -0.25) is 9.59 Å². The third kappa shape index (κ3) is 3.06. The molecular weight excluding hydrogens is 268 g/mol. The first-order chi connectivity index (χ1) is 10.0. The molecule has 6 nitrogen and oxygen atoms in total. The van der Waals surface area contributed by atoms with Crippen molar-refractivity contribution in [1.82, 2.24) is 20.0 Å². The first kappa shape index (κ1) is 14.8. The van der Waals surface area contributed by atoms with E-state index in [0.29, 0.717) is 24.8 Å². The topological polar surface area (TPSA) is 55.9 Å². The van der Waals surface area contributed by atoms with Crippen LogP contribution in [0, 0.1) is 17.8 Å². The van der Waals surface area contributed by atoms with E-state index in [-0.39, 0.29) is 17.7 Å². The Balaban J connectivity index is 1.53. The summed E-state index contributed by atoms with van der Waals surface area (Å²) in [5.74, 6) is 1.46. The van der Waals surface area contributed by atoms with Gasteiger partial charge in [0.05, 0.1) is 5.92 Å². The molecule has 3 saturated heterocycles. The summed E-state index contributed by atoms with van der Waals surface area (Å²) < 4.78 is 0. The van der Waals surface area contributed by atoms with E-state index in [2.05, 4.69) is 10.2 Å². The summed E-state index contributed by atoms with van der Waals surface area (Å²) in [4.78, 5) is 30.6. The van der Waals surface area contributed by atoms with Gasteiger partial charge in [-0.2, -0.15) is 0 Å². The molecule has 0 bridgehead atoms. The Bertz CT molecular complexity index is 414. The molecule has 3 fully saturated rings. The molecule has 1 N–H and O–H groups in total. The van der Waals surface area contributed by atoms with Crippen LogP contribution in [0.4, 0.5) is 0 Å². The van der Waals surface area contributed by atoms with E-state index in [0.717, 1.165) is 39.3 Å². The third-order valence-electron chi connectivity index (χ3n) is 5.08. The Kier molecular flexibility index (Phi) is 4.17. The predicted molar refractivity (Wildman–Crippen MR) is 79.7 cm³/mol. The van der Waals surface area contributed by atoms with E-state index in [1.54, 1.807) is 0 Å². The molecule has 0 spiro atoms. The zero-order valence-electron chi connectivity index (χ0n) is 13.0. The molecule has 0 aromatic rings. The highest BCUT2D eigenvalue weighted by Gasteiger charge is 2.42. The Hall–Kier alpha value is -1.14. The largest absolute Gasteiger partial charge is 0.342 e. The van der Waals surface area contributed by atoms with Gasteiger partial charge in [0.2, 0.25) is 11.8 Å². The van der Waals surface area contributed by atoms with Gasteiger partial charge in [0.25, 0.3) is 0 Å². The Labute approximate surface area is 126 Å². The first-order valence-corrected chi connectivity index (χ1v) is 7.96. The minimum absolute atomic E-state index is 0.119. The number of nitrogens with one attached hydrogen (secondary N) is 1. The summed E-state index contributed by atoms with van der Waals surface area (Å²) in [6, 6.07) is 0. The predicted octanol–water partition coefficient (Wildman–Crippen LogP) is -0.926. The summed E-state index contributed by atoms with van der Waals surface area (Å²) >= 11 is 0. The number of carbonyl (C=O) groups excluding carboxylic acids is 2. The molecule has 2 amide bonds. The summed E-state index contributed by atoms with van der Waals surface area (Å²) in [6.07, 6.45) is 0.399. The van der Waals surface area contributed by atoms with Gasteiger partial charge < -0.3 is 20.0 Å². The van der Waals surface area contributed by atoms with Crippen molar-refractivity contribution in [1.29, 1.82) is 0 Å². The van der Waals surface area contributed by atoms with E-state index < -0.39 is 0 Å². The molecule has 0 aromatic heterocycles. The van der Waals surface area contributed by atoms with Crippen molar-refractivity contribution >= 4 is 11.8 Å². The van der Waals surface area contributed by atoms with Crippen molar-refractivity contribution in [3.05, 3.63) is 0 Å². The standard InChI is InChI=1S/C15H26N4O2/c1-17(2)3-4-18-8-11(5-14(18)20)15(21)19-9-12-6-16-7-13(12)10-19/h11-13,16H,3-10H2,1-2H3/t11?,12-,13+. The Morgan fingerprint density at radius 2 is 1.90 bits per heavy atom. The van der Waals surface area contributed by atoms with Crippen LogP contribution in [-0.2, 0) is 9.59 Å². The molecule has 6 heteroatoms. The van der Waals surface area contributed by atoms with Crippen LogP contribution in [-0.4, -0.2) is 86.4 Å². The van der Waals surface area contributed by atoms with Gasteiger partial charge in [-0.1, -0.05) is 0 Å². The van der Waals surface area contributed by atoms with E-state index in [1.165, 1.54) is 0 Å². The number of carbonyl (C=O) groups is 2. The average molecular weight is 294 g/mol. The van der Waals surface area contributed by atoms with E-state index in [9.17, 15) is 9.59 Å². The highest BCUT2D eigenvalue weighted by molar-refractivity contribution is 5.89. The average Bonchev–Trinajstić information content (AvgIpc) is 3.09. The highest BCUT2D eigenvalue weighted by atomic mass is 16.2. The molecule has 3 atom stereocenters. The zero-order valence-corrected chi connectivity index (χ0v) is 13.0. The number of hydrogen-bond donors (Lipinski definition) is 1. The molecule has 3 aliphatic rings. The molecule has 3 rings (SSSR count). The quantitative estimate of drug-likeness (QED) is 0.728. The summed E-state index contributed by atoms with van der Waals surface area (Å²) in [5, 5.41) is 3.39. The van der Waals surface area contributed by atoms with E-state index >= 15 is 0 Å². The van der Waals surface area contributed by atoms with E-state index in [4.69, 9.17) is 0 Å². The molecule has 0 saturated carbocycles. The van der Waals surface area contributed by atoms with Crippen molar-refractivity contribution in [2.24, 2.45) is 17.8 Å². The molecule has 1 unspecified atom stereocenters. The number of fused-ring (bicyclic) bond motifs is 1. The van der Waals surface area contributed by atoms with Crippen LogP contribution in [0.15, 0.2) is 0 Å². The second kappa shape index (κ2) is 5.93. The van der Waals surface area contributed by atoms with Gasteiger partial charge >= 0.3 is 0 Å². The molecule has 3 heterocycles. The number of hydrogen-bond acceptors (Lipinski definition) is 4.